The number of benzene rings is 1. The molecule has 0 radical (unpaired) electrons. The Labute approximate surface area is 162 Å². The van der Waals surface area contributed by atoms with Crippen LogP contribution in [0.2, 0.25) is 0 Å². The molecule has 138 valence electrons. The van der Waals surface area contributed by atoms with Gasteiger partial charge < -0.3 is 9.84 Å². The lowest BCUT2D eigenvalue weighted by Gasteiger charge is -2.18. The number of thiophene rings is 1. The van der Waals surface area contributed by atoms with Crippen LogP contribution >= 0.6 is 11.3 Å². The Balaban J connectivity index is 1.58. The Morgan fingerprint density at radius 3 is 2.63 bits per heavy atom. The summed E-state index contributed by atoms with van der Waals surface area (Å²) in [5.74, 6) is 1.60. The molecular formula is C21H22N4OS. The predicted octanol–water partition coefficient (Wildman–Crippen LogP) is 5.56. The molecule has 0 amide bonds. The maximum atomic E-state index is 5.51. The summed E-state index contributed by atoms with van der Waals surface area (Å²) in [6, 6.07) is 10.2. The number of nitrogens with one attached hydrogen (secondary N) is 1. The maximum absolute atomic E-state index is 5.51. The van der Waals surface area contributed by atoms with Crippen LogP contribution in [-0.2, 0) is 12.0 Å². The minimum absolute atomic E-state index is 0.0320. The van der Waals surface area contributed by atoms with Gasteiger partial charge in [0.1, 0.15) is 22.7 Å². The molecule has 0 fully saturated rings. The van der Waals surface area contributed by atoms with Gasteiger partial charge in [0.2, 0.25) is 0 Å². The van der Waals surface area contributed by atoms with Gasteiger partial charge in [0.05, 0.1) is 11.9 Å². The first kappa shape index (κ1) is 17.7. The van der Waals surface area contributed by atoms with Gasteiger partial charge in [0.15, 0.2) is 5.76 Å². The normalized spacial score (nSPS) is 11.9. The molecule has 4 aromatic rings. The second kappa shape index (κ2) is 6.78. The zero-order chi connectivity index (χ0) is 19.0. The molecule has 0 aliphatic heterocycles. The van der Waals surface area contributed by atoms with Crippen LogP contribution in [-0.4, -0.2) is 15.1 Å². The highest BCUT2D eigenvalue weighted by Crippen LogP contribution is 2.37. The fraction of sp³-hybridized carbons (Fsp3) is 0.286. The van der Waals surface area contributed by atoms with Gasteiger partial charge in [-0.05, 0) is 23.3 Å². The molecule has 0 bridgehead atoms. The number of rotatable bonds is 4. The van der Waals surface area contributed by atoms with E-state index in [4.69, 9.17) is 4.52 Å². The van der Waals surface area contributed by atoms with E-state index < -0.39 is 0 Å². The van der Waals surface area contributed by atoms with Crippen molar-refractivity contribution in [1.82, 2.24) is 15.1 Å². The Morgan fingerprint density at radius 1 is 1.11 bits per heavy atom. The van der Waals surface area contributed by atoms with E-state index in [-0.39, 0.29) is 5.41 Å². The van der Waals surface area contributed by atoms with Crippen molar-refractivity contribution in [3.8, 4) is 11.3 Å². The highest BCUT2D eigenvalue weighted by atomic mass is 32.1. The first-order valence-electron chi connectivity index (χ1n) is 8.91. The number of hydrogen-bond donors (Lipinski definition) is 1. The second-order valence-electron chi connectivity index (χ2n) is 7.70. The van der Waals surface area contributed by atoms with Gasteiger partial charge >= 0.3 is 0 Å². The van der Waals surface area contributed by atoms with Gasteiger partial charge in [0.25, 0.3) is 0 Å². The number of nitrogens with zero attached hydrogens (tertiary/aromatic N) is 3. The minimum atomic E-state index is 0.0320. The van der Waals surface area contributed by atoms with Crippen LogP contribution in [0.4, 0.5) is 5.82 Å². The molecule has 0 aliphatic carbocycles. The third-order valence-corrected chi connectivity index (χ3v) is 5.40. The summed E-state index contributed by atoms with van der Waals surface area (Å²) in [5, 5.41) is 10.9. The average Bonchev–Trinajstić information content (AvgIpc) is 3.27. The second-order valence-corrected chi connectivity index (χ2v) is 8.56. The summed E-state index contributed by atoms with van der Waals surface area (Å²) in [4.78, 5) is 9.87. The summed E-state index contributed by atoms with van der Waals surface area (Å²) in [6.45, 7) is 9.20. The van der Waals surface area contributed by atoms with Crippen molar-refractivity contribution in [1.29, 1.82) is 0 Å². The first-order valence-corrected chi connectivity index (χ1v) is 9.79. The van der Waals surface area contributed by atoms with Gasteiger partial charge in [-0.15, -0.1) is 11.3 Å². The van der Waals surface area contributed by atoms with E-state index in [1.807, 2.05) is 6.07 Å². The largest absolute Gasteiger partial charge is 0.362 e. The number of fused-ring (bicyclic) bond motifs is 1. The SMILES string of the molecule is Cc1ccc(-c2cc(CNc3ncnc4scc(C(C)(C)C)c34)on2)cc1. The quantitative estimate of drug-likeness (QED) is 0.503. The number of aromatic nitrogens is 3. The lowest BCUT2D eigenvalue weighted by atomic mass is 9.87. The number of hydrogen-bond acceptors (Lipinski definition) is 6. The van der Waals surface area contributed by atoms with Crippen molar-refractivity contribution >= 4 is 27.4 Å². The molecule has 5 nitrogen and oxygen atoms in total. The molecular weight excluding hydrogens is 356 g/mol. The molecule has 0 atom stereocenters. The molecule has 1 aromatic carbocycles. The smallest absolute Gasteiger partial charge is 0.156 e. The number of anilines is 1. The summed E-state index contributed by atoms with van der Waals surface area (Å²) >= 11 is 1.65. The fourth-order valence-corrected chi connectivity index (χ4v) is 4.12. The van der Waals surface area contributed by atoms with Gasteiger partial charge in [-0.1, -0.05) is 55.8 Å². The van der Waals surface area contributed by atoms with E-state index in [9.17, 15) is 0 Å². The molecule has 27 heavy (non-hydrogen) atoms. The van der Waals surface area contributed by atoms with E-state index in [2.05, 4.69) is 77.8 Å². The Kier molecular flexibility index (Phi) is 4.44. The Morgan fingerprint density at radius 2 is 1.89 bits per heavy atom. The van der Waals surface area contributed by atoms with Crippen LogP contribution in [0.1, 0.15) is 37.7 Å². The molecule has 3 aromatic heterocycles. The lowest BCUT2D eigenvalue weighted by molar-refractivity contribution is 0.390. The van der Waals surface area contributed by atoms with Crippen molar-refractivity contribution in [3.63, 3.8) is 0 Å². The van der Waals surface area contributed by atoms with Crippen LogP contribution in [0.15, 0.2) is 46.6 Å². The highest BCUT2D eigenvalue weighted by molar-refractivity contribution is 7.17. The van der Waals surface area contributed by atoms with Gasteiger partial charge in [-0.25, -0.2) is 9.97 Å². The molecule has 0 saturated carbocycles. The van der Waals surface area contributed by atoms with Crippen molar-refractivity contribution in [2.45, 2.75) is 39.7 Å². The molecule has 0 saturated heterocycles. The van der Waals surface area contributed by atoms with Crippen molar-refractivity contribution in [3.05, 3.63) is 58.9 Å². The molecule has 4 rings (SSSR count). The maximum Gasteiger partial charge on any atom is 0.156 e. The summed E-state index contributed by atoms with van der Waals surface area (Å²) in [7, 11) is 0. The Hall–Kier alpha value is -2.73. The van der Waals surface area contributed by atoms with E-state index in [0.29, 0.717) is 6.54 Å². The van der Waals surface area contributed by atoms with Crippen LogP contribution < -0.4 is 5.32 Å². The summed E-state index contributed by atoms with van der Waals surface area (Å²) in [5.41, 5.74) is 4.40. The van der Waals surface area contributed by atoms with Crippen LogP contribution in [0.25, 0.3) is 21.5 Å². The molecule has 6 heteroatoms. The monoisotopic (exact) mass is 378 g/mol. The van der Waals surface area contributed by atoms with Crippen molar-refractivity contribution in [2.75, 3.05) is 5.32 Å². The van der Waals surface area contributed by atoms with Gasteiger partial charge in [-0.3, -0.25) is 0 Å². The van der Waals surface area contributed by atoms with Crippen LogP contribution in [0.5, 0.6) is 0 Å². The Bertz CT molecular complexity index is 1070. The topological polar surface area (TPSA) is 63.8 Å². The van der Waals surface area contributed by atoms with E-state index in [0.717, 1.165) is 33.1 Å². The summed E-state index contributed by atoms with van der Waals surface area (Å²) in [6.07, 6.45) is 1.60. The third-order valence-electron chi connectivity index (χ3n) is 4.51. The minimum Gasteiger partial charge on any atom is -0.362 e. The van der Waals surface area contributed by atoms with E-state index in [1.54, 1.807) is 17.7 Å². The van der Waals surface area contributed by atoms with E-state index >= 15 is 0 Å². The lowest BCUT2D eigenvalue weighted by Crippen LogP contribution is -2.11. The predicted molar refractivity (Wildman–Crippen MR) is 110 cm³/mol. The van der Waals surface area contributed by atoms with Gasteiger partial charge in [0, 0.05) is 11.6 Å². The third kappa shape index (κ3) is 3.57. The average molecular weight is 379 g/mol. The zero-order valence-corrected chi connectivity index (χ0v) is 16.7. The van der Waals surface area contributed by atoms with Crippen molar-refractivity contribution < 1.29 is 4.52 Å². The molecule has 0 aliphatic rings. The highest BCUT2D eigenvalue weighted by Gasteiger charge is 2.21. The molecule has 0 unspecified atom stereocenters. The first-order chi connectivity index (χ1) is 12.9. The zero-order valence-electron chi connectivity index (χ0n) is 15.9. The van der Waals surface area contributed by atoms with Gasteiger partial charge in [-0.2, -0.15) is 0 Å². The number of aryl methyl sites for hydroxylation is 1. The molecule has 1 N–H and O–H groups in total. The standard InChI is InChI=1S/C21H22N4OS/c1-13-5-7-14(8-6-13)17-9-15(26-25-17)10-22-19-18-16(21(2,3)4)11-27-20(18)24-12-23-19/h5-9,11-12H,10H2,1-4H3,(H,22,23,24). The molecule has 0 spiro atoms. The molecule has 3 heterocycles. The van der Waals surface area contributed by atoms with Crippen molar-refractivity contribution in [2.24, 2.45) is 0 Å². The van der Waals surface area contributed by atoms with E-state index in [1.165, 1.54) is 11.1 Å². The van der Waals surface area contributed by atoms with Crippen LogP contribution in [0.3, 0.4) is 0 Å². The van der Waals surface area contributed by atoms with Crippen LogP contribution in [0, 0.1) is 6.92 Å². The fourth-order valence-electron chi connectivity index (χ4n) is 2.99. The summed E-state index contributed by atoms with van der Waals surface area (Å²) < 4.78 is 5.51.